The van der Waals surface area contributed by atoms with Gasteiger partial charge in [-0.1, -0.05) is 47.6 Å². The van der Waals surface area contributed by atoms with Crippen molar-refractivity contribution in [1.82, 2.24) is 14.9 Å². The molecule has 1 aliphatic rings. The van der Waals surface area contributed by atoms with Crippen LogP contribution in [0, 0.1) is 0 Å². The highest BCUT2D eigenvalue weighted by Gasteiger charge is 2.26. The first kappa shape index (κ1) is 23.8. The van der Waals surface area contributed by atoms with Crippen molar-refractivity contribution in [2.45, 2.75) is 31.6 Å². The van der Waals surface area contributed by atoms with Gasteiger partial charge in [0.15, 0.2) is 5.58 Å². The predicted octanol–water partition coefficient (Wildman–Crippen LogP) is 4.67. The Kier molecular flexibility index (Phi) is 7.34. The number of benzene rings is 2. The summed E-state index contributed by atoms with van der Waals surface area (Å²) in [6.45, 7) is 6.99. The molecule has 7 nitrogen and oxygen atoms in total. The fourth-order valence-electron chi connectivity index (χ4n) is 4.35. The number of para-hydroxylation sites is 1. The Morgan fingerprint density at radius 2 is 1.77 bits per heavy atom. The largest absolute Gasteiger partial charge is 0.598 e. The van der Waals surface area contributed by atoms with E-state index in [2.05, 4.69) is 20.8 Å². The quantitative estimate of drug-likeness (QED) is 0.359. The second-order valence-electron chi connectivity index (χ2n) is 8.92. The molecule has 1 N–H and O–H groups in total. The second kappa shape index (κ2) is 10.8. The summed E-state index contributed by atoms with van der Waals surface area (Å²) >= 11 is -1.22. The van der Waals surface area contributed by atoms with Crippen molar-refractivity contribution in [1.29, 1.82) is 0 Å². The van der Waals surface area contributed by atoms with Gasteiger partial charge < -0.3 is 18.7 Å². The summed E-state index contributed by atoms with van der Waals surface area (Å²) in [6, 6.07) is 21.9. The number of anilines is 1. The molecule has 0 amide bonds. The lowest BCUT2D eigenvalue weighted by Crippen LogP contribution is -2.37. The van der Waals surface area contributed by atoms with Crippen LogP contribution in [0.3, 0.4) is 0 Å². The lowest BCUT2D eigenvalue weighted by Gasteiger charge is -2.28. The van der Waals surface area contributed by atoms with Crippen molar-refractivity contribution < 1.29 is 13.8 Å². The number of pyridine rings is 1. The first-order valence-electron chi connectivity index (χ1n) is 12.0. The van der Waals surface area contributed by atoms with Crippen LogP contribution in [0.15, 0.2) is 71.3 Å². The second-order valence-corrected chi connectivity index (χ2v) is 10.7. The molecule has 35 heavy (non-hydrogen) atoms. The van der Waals surface area contributed by atoms with Gasteiger partial charge in [0, 0.05) is 47.5 Å². The van der Waals surface area contributed by atoms with E-state index in [1.807, 2.05) is 74.5 Å². The molecule has 3 heterocycles. The van der Waals surface area contributed by atoms with E-state index in [0.29, 0.717) is 19.6 Å². The van der Waals surface area contributed by atoms with E-state index in [1.54, 1.807) is 0 Å². The smallest absolute Gasteiger partial charge is 0.167 e. The monoisotopic (exact) mass is 490 g/mol. The average molecular weight is 491 g/mol. The lowest BCUT2D eigenvalue weighted by molar-refractivity contribution is 0.122. The van der Waals surface area contributed by atoms with Gasteiger partial charge in [-0.3, -0.25) is 0 Å². The molecule has 0 aliphatic carbocycles. The summed E-state index contributed by atoms with van der Waals surface area (Å²) in [5.74, 6) is 0.949. The Bertz CT molecular complexity index is 1270. The molecule has 2 aromatic heterocycles. The zero-order valence-corrected chi connectivity index (χ0v) is 20.8. The van der Waals surface area contributed by atoms with Gasteiger partial charge in [-0.05, 0) is 43.7 Å². The molecule has 1 aliphatic heterocycles. The van der Waals surface area contributed by atoms with Crippen LogP contribution in [0.25, 0.3) is 22.2 Å². The number of nitrogens with one attached hydrogen (secondary N) is 1. The number of hydrogen-bond donors (Lipinski definition) is 1. The maximum Gasteiger partial charge on any atom is 0.167 e. The molecule has 8 heteroatoms. The van der Waals surface area contributed by atoms with Crippen molar-refractivity contribution in [3.05, 3.63) is 78.0 Å². The van der Waals surface area contributed by atoms with Crippen LogP contribution in [-0.2, 0) is 22.5 Å². The van der Waals surface area contributed by atoms with Gasteiger partial charge in [0.2, 0.25) is 0 Å². The third kappa shape index (κ3) is 5.36. The van der Waals surface area contributed by atoms with Gasteiger partial charge in [0.1, 0.15) is 16.8 Å². The molecular weight excluding hydrogens is 460 g/mol. The van der Waals surface area contributed by atoms with Crippen LogP contribution in [0.4, 0.5) is 5.82 Å². The molecule has 1 saturated heterocycles. The first-order valence-corrected chi connectivity index (χ1v) is 13.2. The third-order valence-corrected chi connectivity index (χ3v) is 7.57. The number of hydrogen-bond acceptors (Lipinski definition) is 7. The van der Waals surface area contributed by atoms with E-state index in [4.69, 9.17) is 14.2 Å². The summed E-state index contributed by atoms with van der Waals surface area (Å²) in [4.78, 5) is 7.20. The van der Waals surface area contributed by atoms with Crippen LogP contribution in [-0.4, -0.2) is 46.2 Å². The Morgan fingerprint density at radius 1 is 1.00 bits per heavy atom. The van der Waals surface area contributed by atoms with E-state index in [1.165, 1.54) is 0 Å². The number of morpholine rings is 1. The zero-order valence-electron chi connectivity index (χ0n) is 20.0. The molecule has 0 saturated carbocycles. The number of aromatic nitrogens is 2. The van der Waals surface area contributed by atoms with Crippen molar-refractivity contribution >= 4 is 28.1 Å². The highest BCUT2D eigenvalue weighted by atomic mass is 32.2. The number of ether oxygens (including phenoxy) is 1. The predicted molar refractivity (Wildman–Crippen MR) is 140 cm³/mol. The summed E-state index contributed by atoms with van der Waals surface area (Å²) in [5.41, 5.74) is 4.44. The topological polar surface area (TPSA) is 86.5 Å². The minimum absolute atomic E-state index is 0.0230. The number of nitrogens with zero attached hydrogens (tertiary/aromatic N) is 3. The first-order chi connectivity index (χ1) is 17.1. The molecule has 1 fully saturated rings. The van der Waals surface area contributed by atoms with Crippen molar-refractivity contribution in [3.8, 4) is 11.3 Å². The minimum Gasteiger partial charge on any atom is -0.598 e. The van der Waals surface area contributed by atoms with Gasteiger partial charge in [-0.15, -0.1) is 4.72 Å². The van der Waals surface area contributed by atoms with E-state index >= 15 is 0 Å². The molecule has 2 atom stereocenters. The number of fused-ring (bicyclic) bond motifs is 1. The van der Waals surface area contributed by atoms with Crippen LogP contribution >= 0.6 is 0 Å². The highest BCUT2D eigenvalue weighted by Crippen LogP contribution is 2.34. The van der Waals surface area contributed by atoms with Crippen LogP contribution < -0.4 is 9.62 Å². The van der Waals surface area contributed by atoms with Crippen LogP contribution in [0.5, 0.6) is 0 Å². The Labute approximate surface area is 208 Å². The Hall–Kier alpha value is -2.91. The van der Waals surface area contributed by atoms with Crippen molar-refractivity contribution in [2.75, 3.05) is 31.2 Å². The standard InChI is InChI=1S/C27H30N4O3S/c1-19(2)35(32)30-24(18-20-8-7-13-26(28-20)31-14-16-33-17-15-31)21-9-3-4-10-22(21)27-23-11-5-6-12-25(23)34-29-27/h3-13,19,24,30H,14-18H2,1-2H3/t24?,35-/m0/s1. The molecule has 0 radical (unpaired) electrons. The van der Waals surface area contributed by atoms with E-state index < -0.39 is 11.4 Å². The summed E-state index contributed by atoms with van der Waals surface area (Å²) < 4.78 is 27.4. The normalized spacial score (nSPS) is 16.1. The van der Waals surface area contributed by atoms with Gasteiger partial charge in [-0.25, -0.2) is 4.98 Å². The molecule has 1 unspecified atom stereocenters. The average Bonchev–Trinajstić information content (AvgIpc) is 3.33. The summed E-state index contributed by atoms with van der Waals surface area (Å²) in [6.07, 6.45) is 0.587. The molecular formula is C27H30N4O3S. The molecule has 0 spiro atoms. The Balaban J connectivity index is 1.51. The molecule has 2 aromatic carbocycles. The van der Waals surface area contributed by atoms with Crippen LogP contribution in [0.2, 0.25) is 0 Å². The molecule has 4 aromatic rings. The maximum atomic E-state index is 13.0. The van der Waals surface area contributed by atoms with Crippen LogP contribution in [0.1, 0.15) is 31.1 Å². The fraction of sp³-hybridized carbons (Fsp3) is 0.333. The Morgan fingerprint density at radius 3 is 2.60 bits per heavy atom. The van der Waals surface area contributed by atoms with Crippen molar-refractivity contribution in [3.63, 3.8) is 0 Å². The fourth-order valence-corrected chi connectivity index (χ4v) is 5.11. The van der Waals surface area contributed by atoms with E-state index in [-0.39, 0.29) is 11.3 Å². The molecule has 182 valence electrons. The van der Waals surface area contributed by atoms with Gasteiger partial charge in [0.05, 0.1) is 19.3 Å². The van der Waals surface area contributed by atoms with E-state index in [9.17, 15) is 4.55 Å². The van der Waals surface area contributed by atoms with Gasteiger partial charge in [-0.2, -0.15) is 0 Å². The van der Waals surface area contributed by atoms with Crippen molar-refractivity contribution in [2.24, 2.45) is 0 Å². The van der Waals surface area contributed by atoms with Gasteiger partial charge >= 0.3 is 0 Å². The summed E-state index contributed by atoms with van der Waals surface area (Å²) in [5, 5.41) is 5.32. The van der Waals surface area contributed by atoms with E-state index in [0.717, 1.165) is 52.4 Å². The number of rotatable bonds is 8. The molecule has 5 rings (SSSR count). The lowest BCUT2D eigenvalue weighted by atomic mass is 9.94. The highest BCUT2D eigenvalue weighted by molar-refractivity contribution is 7.90. The maximum absolute atomic E-state index is 13.0. The third-order valence-electron chi connectivity index (χ3n) is 6.20. The zero-order chi connectivity index (χ0) is 24.2. The SMILES string of the molecule is CC(C)[S@+]([O-])NC(Cc1cccc(N2CCOCC2)n1)c1ccccc1-c1noc2ccccc12. The molecule has 0 bridgehead atoms. The van der Waals surface area contributed by atoms with Gasteiger partial charge in [0.25, 0.3) is 0 Å². The summed E-state index contributed by atoms with van der Waals surface area (Å²) in [7, 11) is 0. The minimum atomic E-state index is -1.22.